The van der Waals surface area contributed by atoms with Crippen molar-refractivity contribution in [2.45, 2.75) is 43.8 Å². The molecule has 1 aromatic heterocycles. The molecule has 8 heteroatoms. The van der Waals surface area contributed by atoms with Crippen LogP contribution in [0.5, 0.6) is 0 Å². The molecule has 140 valence electrons. The summed E-state index contributed by atoms with van der Waals surface area (Å²) in [4.78, 5) is 14.7. The monoisotopic (exact) mass is 414 g/mol. The number of nitrogens with one attached hydrogen (secondary N) is 1. The Bertz CT molecular complexity index is 797. The van der Waals surface area contributed by atoms with Crippen molar-refractivity contribution in [3.8, 4) is 5.69 Å². The van der Waals surface area contributed by atoms with Crippen molar-refractivity contribution in [2.75, 3.05) is 7.05 Å². The Morgan fingerprint density at radius 2 is 1.88 bits per heavy atom. The molecule has 0 aliphatic carbocycles. The summed E-state index contributed by atoms with van der Waals surface area (Å²) in [5, 5.41) is 8.99. The molecule has 3 heterocycles. The van der Waals surface area contributed by atoms with Crippen LogP contribution in [-0.2, 0) is 0 Å². The second-order valence-corrected chi connectivity index (χ2v) is 7.74. The van der Waals surface area contributed by atoms with Gasteiger partial charge >= 0.3 is 0 Å². The van der Waals surface area contributed by atoms with Gasteiger partial charge in [-0.05, 0) is 49.9 Å². The highest BCUT2D eigenvalue weighted by Gasteiger charge is 2.36. The first-order valence-electron chi connectivity index (χ1n) is 8.55. The quantitative estimate of drug-likeness (QED) is 0.825. The Hall–Kier alpha value is -1.27. The van der Waals surface area contributed by atoms with Crippen LogP contribution in [0.3, 0.4) is 0 Å². The van der Waals surface area contributed by atoms with Crippen molar-refractivity contribution in [3.05, 3.63) is 46.2 Å². The molecule has 5 nitrogen and oxygen atoms in total. The molecule has 2 saturated heterocycles. The van der Waals surface area contributed by atoms with Gasteiger partial charge in [0.15, 0.2) is 5.69 Å². The molecule has 2 atom stereocenters. The van der Waals surface area contributed by atoms with E-state index in [4.69, 9.17) is 23.2 Å². The van der Waals surface area contributed by atoms with Crippen LogP contribution in [0.4, 0.5) is 0 Å². The first-order chi connectivity index (χ1) is 12.0. The van der Waals surface area contributed by atoms with Crippen molar-refractivity contribution in [1.82, 2.24) is 20.0 Å². The highest BCUT2D eigenvalue weighted by atomic mass is 35.5. The van der Waals surface area contributed by atoms with Crippen molar-refractivity contribution < 1.29 is 4.79 Å². The molecule has 2 aliphatic heterocycles. The average molecular weight is 416 g/mol. The minimum absolute atomic E-state index is 0. The summed E-state index contributed by atoms with van der Waals surface area (Å²) in [7, 11) is 1.88. The van der Waals surface area contributed by atoms with Gasteiger partial charge in [-0.1, -0.05) is 23.2 Å². The van der Waals surface area contributed by atoms with Crippen molar-refractivity contribution >= 4 is 41.5 Å². The Morgan fingerprint density at radius 1 is 1.19 bits per heavy atom. The lowest BCUT2D eigenvalue weighted by molar-refractivity contribution is 0.0675. The second-order valence-electron chi connectivity index (χ2n) is 6.92. The summed E-state index contributed by atoms with van der Waals surface area (Å²) in [6.07, 6.45) is 6.25. The Morgan fingerprint density at radius 3 is 2.54 bits per heavy atom. The zero-order valence-corrected chi connectivity index (χ0v) is 16.7. The number of carbonyl (C=O) groups is 1. The predicted molar refractivity (Wildman–Crippen MR) is 106 cm³/mol. The van der Waals surface area contributed by atoms with E-state index in [1.165, 1.54) is 12.8 Å². The van der Waals surface area contributed by atoms with E-state index in [2.05, 4.69) is 10.4 Å². The van der Waals surface area contributed by atoms with E-state index in [1.807, 2.05) is 18.0 Å². The number of benzene rings is 1. The van der Waals surface area contributed by atoms with Gasteiger partial charge in [-0.3, -0.25) is 4.79 Å². The number of amides is 1. The average Bonchev–Trinajstić information content (AvgIpc) is 3.22. The number of hydrogen-bond acceptors (Lipinski definition) is 3. The molecule has 0 radical (unpaired) electrons. The molecule has 1 amide bonds. The molecular formula is C18H21Cl3N4O. The van der Waals surface area contributed by atoms with Gasteiger partial charge in [0.25, 0.3) is 5.91 Å². The number of aromatic nitrogens is 2. The fraction of sp³-hybridized carbons (Fsp3) is 0.444. The van der Waals surface area contributed by atoms with E-state index in [0.717, 1.165) is 18.5 Å². The van der Waals surface area contributed by atoms with Gasteiger partial charge in [0, 0.05) is 31.4 Å². The van der Waals surface area contributed by atoms with Crippen LogP contribution in [0.2, 0.25) is 10.0 Å². The Labute approximate surface area is 169 Å². The predicted octanol–water partition coefficient (Wildman–Crippen LogP) is 3.96. The van der Waals surface area contributed by atoms with Gasteiger partial charge in [-0.2, -0.15) is 5.10 Å². The molecule has 2 fully saturated rings. The lowest BCUT2D eigenvalue weighted by Crippen LogP contribution is -2.48. The zero-order chi connectivity index (χ0) is 17.6. The van der Waals surface area contributed by atoms with E-state index in [1.54, 1.807) is 29.1 Å². The first-order valence-corrected chi connectivity index (χ1v) is 9.31. The van der Waals surface area contributed by atoms with E-state index < -0.39 is 0 Å². The highest BCUT2D eigenvalue weighted by molar-refractivity contribution is 6.42. The molecule has 2 unspecified atom stereocenters. The van der Waals surface area contributed by atoms with Crippen LogP contribution in [0.15, 0.2) is 30.5 Å². The molecule has 1 N–H and O–H groups in total. The molecule has 4 rings (SSSR count). The SMILES string of the molecule is CN(C(=O)c1ccn(-c2ccc(Cl)c(Cl)c2)n1)C1CC2CCC(C1)N2.Cl. The molecule has 26 heavy (non-hydrogen) atoms. The van der Waals surface area contributed by atoms with Crippen LogP contribution >= 0.6 is 35.6 Å². The largest absolute Gasteiger partial charge is 0.337 e. The van der Waals surface area contributed by atoms with Crippen LogP contribution in [0, 0.1) is 0 Å². The minimum atomic E-state index is -0.0369. The number of piperidine rings is 1. The second kappa shape index (κ2) is 7.77. The van der Waals surface area contributed by atoms with Gasteiger partial charge in [-0.15, -0.1) is 12.4 Å². The van der Waals surface area contributed by atoms with Gasteiger partial charge in [0.2, 0.25) is 0 Å². The normalized spacial score (nSPS) is 24.2. The van der Waals surface area contributed by atoms with Crippen molar-refractivity contribution in [3.63, 3.8) is 0 Å². The summed E-state index contributed by atoms with van der Waals surface area (Å²) in [5.41, 5.74) is 1.22. The maximum atomic E-state index is 12.8. The molecule has 2 aliphatic rings. The number of hydrogen-bond donors (Lipinski definition) is 1. The van der Waals surface area contributed by atoms with Gasteiger partial charge in [0.1, 0.15) is 0 Å². The van der Waals surface area contributed by atoms with Crippen LogP contribution in [-0.4, -0.2) is 45.8 Å². The minimum Gasteiger partial charge on any atom is -0.337 e. The number of fused-ring (bicyclic) bond motifs is 2. The van der Waals surface area contributed by atoms with Crippen LogP contribution in [0.25, 0.3) is 5.69 Å². The summed E-state index contributed by atoms with van der Waals surface area (Å²) in [6.45, 7) is 0. The molecule has 1 aromatic carbocycles. The van der Waals surface area contributed by atoms with E-state index >= 15 is 0 Å². The van der Waals surface area contributed by atoms with Gasteiger partial charge in [-0.25, -0.2) is 4.68 Å². The summed E-state index contributed by atoms with van der Waals surface area (Å²) in [6, 6.07) is 8.40. The molecule has 2 bridgehead atoms. The van der Waals surface area contributed by atoms with Crippen molar-refractivity contribution in [2.24, 2.45) is 0 Å². The fourth-order valence-corrected chi connectivity index (χ4v) is 4.19. The van der Waals surface area contributed by atoms with E-state index in [0.29, 0.717) is 27.8 Å². The summed E-state index contributed by atoms with van der Waals surface area (Å²) >= 11 is 12.0. The van der Waals surface area contributed by atoms with Crippen molar-refractivity contribution in [1.29, 1.82) is 0 Å². The fourth-order valence-electron chi connectivity index (χ4n) is 3.90. The van der Waals surface area contributed by atoms with Crippen LogP contribution < -0.4 is 5.32 Å². The number of halogens is 3. The molecule has 2 aromatic rings. The lowest BCUT2D eigenvalue weighted by Gasteiger charge is -2.35. The Kier molecular flexibility index (Phi) is 5.82. The third kappa shape index (κ3) is 3.72. The number of nitrogens with zero attached hydrogens (tertiary/aromatic N) is 3. The number of rotatable bonds is 3. The zero-order valence-electron chi connectivity index (χ0n) is 14.4. The molecule has 0 saturated carbocycles. The van der Waals surface area contributed by atoms with Crippen LogP contribution in [0.1, 0.15) is 36.2 Å². The topological polar surface area (TPSA) is 50.2 Å². The standard InChI is InChI=1S/C18H20Cl2N4O.ClH/c1-23(14-8-11-2-3-12(9-14)21-11)18(25)17-6-7-24(22-17)13-4-5-15(19)16(20)10-13;/h4-7,10-12,14,21H,2-3,8-9H2,1H3;1H. The maximum absolute atomic E-state index is 12.8. The third-order valence-corrected chi connectivity index (χ3v) is 6.03. The first kappa shape index (κ1) is 19.5. The lowest BCUT2D eigenvalue weighted by atomic mass is 9.98. The van der Waals surface area contributed by atoms with E-state index in [-0.39, 0.29) is 24.4 Å². The smallest absolute Gasteiger partial charge is 0.274 e. The summed E-state index contributed by atoms with van der Waals surface area (Å²) in [5.74, 6) is -0.0369. The molecule has 0 spiro atoms. The highest BCUT2D eigenvalue weighted by Crippen LogP contribution is 2.30. The molecular weight excluding hydrogens is 395 g/mol. The maximum Gasteiger partial charge on any atom is 0.274 e. The number of carbonyl (C=O) groups excluding carboxylic acids is 1. The third-order valence-electron chi connectivity index (χ3n) is 5.29. The summed E-state index contributed by atoms with van der Waals surface area (Å²) < 4.78 is 1.65. The van der Waals surface area contributed by atoms with E-state index in [9.17, 15) is 4.79 Å². The van der Waals surface area contributed by atoms with Gasteiger partial charge < -0.3 is 10.2 Å². The Balaban J connectivity index is 0.00000196. The van der Waals surface area contributed by atoms with Gasteiger partial charge in [0.05, 0.1) is 15.7 Å².